The van der Waals surface area contributed by atoms with Crippen molar-refractivity contribution in [3.05, 3.63) is 93.6 Å². The fourth-order valence-electron chi connectivity index (χ4n) is 2.42. The zero-order valence-corrected chi connectivity index (χ0v) is 17.3. The van der Waals surface area contributed by atoms with Crippen LogP contribution in [-0.2, 0) is 11.4 Å². The van der Waals surface area contributed by atoms with Crippen molar-refractivity contribution in [3.63, 3.8) is 0 Å². The smallest absolute Gasteiger partial charge is 0.259 e. The van der Waals surface area contributed by atoms with Crippen molar-refractivity contribution in [2.24, 2.45) is 5.10 Å². The van der Waals surface area contributed by atoms with E-state index in [9.17, 15) is 4.79 Å². The molecule has 28 heavy (non-hydrogen) atoms. The molecule has 0 heterocycles. The molecule has 2 N–H and O–H groups in total. The summed E-state index contributed by atoms with van der Waals surface area (Å²) in [5.74, 6) is 0.485. The van der Waals surface area contributed by atoms with Crippen molar-refractivity contribution in [3.8, 4) is 5.75 Å². The van der Waals surface area contributed by atoms with Crippen molar-refractivity contribution in [2.75, 3.05) is 11.9 Å². The van der Waals surface area contributed by atoms with Gasteiger partial charge in [0.15, 0.2) is 0 Å². The van der Waals surface area contributed by atoms with E-state index in [1.54, 1.807) is 6.21 Å². The highest BCUT2D eigenvalue weighted by molar-refractivity contribution is 14.1. The predicted molar refractivity (Wildman–Crippen MR) is 121 cm³/mol. The summed E-state index contributed by atoms with van der Waals surface area (Å²) < 4.78 is 7.02. The number of nitrogens with zero attached hydrogens (tertiary/aromatic N) is 1. The standard InChI is InChI=1S/C22H20IN3O2/c23-19-10-12-20(13-11-19)24-15-22(27)26-25-14-18-8-4-5-9-21(18)28-16-17-6-2-1-3-7-17/h1-14,24H,15-16H2,(H,26,27)/b25-14-. The number of hydrazone groups is 1. The molecule has 5 nitrogen and oxygen atoms in total. The van der Waals surface area contributed by atoms with Gasteiger partial charge in [0, 0.05) is 14.8 Å². The lowest BCUT2D eigenvalue weighted by atomic mass is 10.2. The molecule has 0 bridgehead atoms. The van der Waals surface area contributed by atoms with Crippen LogP contribution >= 0.6 is 22.6 Å². The van der Waals surface area contributed by atoms with Crippen LogP contribution in [0.3, 0.4) is 0 Å². The van der Waals surface area contributed by atoms with Gasteiger partial charge >= 0.3 is 0 Å². The van der Waals surface area contributed by atoms with E-state index < -0.39 is 0 Å². The highest BCUT2D eigenvalue weighted by atomic mass is 127. The van der Waals surface area contributed by atoms with Crippen LogP contribution in [0.15, 0.2) is 84.0 Å². The summed E-state index contributed by atoms with van der Waals surface area (Å²) in [5.41, 5.74) is 5.30. The first kappa shape index (κ1) is 19.9. The second kappa shape index (κ2) is 10.5. The van der Waals surface area contributed by atoms with Crippen LogP contribution in [0.5, 0.6) is 5.75 Å². The van der Waals surface area contributed by atoms with Gasteiger partial charge < -0.3 is 10.1 Å². The zero-order chi connectivity index (χ0) is 19.6. The summed E-state index contributed by atoms with van der Waals surface area (Å²) in [5, 5.41) is 7.09. The third kappa shape index (κ3) is 6.38. The number of nitrogens with one attached hydrogen (secondary N) is 2. The number of amides is 1. The molecule has 0 atom stereocenters. The fraction of sp³-hybridized carbons (Fsp3) is 0.0909. The molecule has 6 heteroatoms. The lowest BCUT2D eigenvalue weighted by Crippen LogP contribution is -2.25. The average Bonchev–Trinajstić information content (AvgIpc) is 2.73. The number of hydrogen-bond acceptors (Lipinski definition) is 4. The number of halogens is 1. The number of benzene rings is 3. The van der Waals surface area contributed by atoms with E-state index in [0.29, 0.717) is 12.4 Å². The minimum absolute atomic E-state index is 0.143. The molecule has 0 aliphatic heterocycles. The number of ether oxygens (including phenoxy) is 1. The zero-order valence-electron chi connectivity index (χ0n) is 15.1. The average molecular weight is 485 g/mol. The number of para-hydroxylation sites is 1. The SMILES string of the molecule is O=C(CNc1ccc(I)cc1)N/N=C\c1ccccc1OCc1ccccc1. The maximum Gasteiger partial charge on any atom is 0.259 e. The van der Waals surface area contributed by atoms with E-state index in [2.05, 4.69) is 38.4 Å². The Morgan fingerprint density at radius 2 is 1.68 bits per heavy atom. The van der Waals surface area contributed by atoms with Crippen molar-refractivity contribution in [1.82, 2.24) is 5.43 Å². The van der Waals surface area contributed by atoms with Gasteiger partial charge in [-0.2, -0.15) is 5.10 Å². The Bertz CT molecular complexity index is 928. The molecule has 0 aliphatic rings. The van der Waals surface area contributed by atoms with Gasteiger partial charge in [0.2, 0.25) is 0 Å². The Morgan fingerprint density at radius 3 is 2.46 bits per heavy atom. The van der Waals surface area contributed by atoms with Gasteiger partial charge in [-0.15, -0.1) is 0 Å². The first-order chi connectivity index (χ1) is 13.7. The summed E-state index contributed by atoms with van der Waals surface area (Å²) in [7, 11) is 0. The van der Waals surface area contributed by atoms with E-state index >= 15 is 0 Å². The summed E-state index contributed by atoms with van der Waals surface area (Å²) in [6.45, 7) is 0.613. The van der Waals surface area contributed by atoms with E-state index in [-0.39, 0.29) is 12.5 Å². The van der Waals surface area contributed by atoms with Crippen LogP contribution in [0.25, 0.3) is 0 Å². The van der Waals surface area contributed by atoms with Crippen LogP contribution < -0.4 is 15.5 Å². The van der Waals surface area contributed by atoms with Crippen molar-refractivity contribution in [2.45, 2.75) is 6.61 Å². The maximum atomic E-state index is 11.9. The first-order valence-electron chi connectivity index (χ1n) is 8.78. The highest BCUT2D eigenvalue weighted by Crippen LogP contribution is 2.17. The Labute approximate surface area is 178 Å². The second-order valence-electron chi connectivity index (χ2n) is 5.97. The number of carbonyl (C=O) groups excluding carboxylic acids is 1. The molecule has 0 saturated carbocycles. The van der Waals surface area contributed by atoms with Crippen molar-refractivity contribution < 1.29 is 9.53 Å². The fourth-order valence-corrected chi connectivity index (χ4v) is 2.78. The highest BCUT2D eigenvalue weighted by Gasteiger charge is 2.03. The Kier molecular flexibility index (Phi) is 7.43. The Morgan fingerprint density at radius 1 is 0.964 bits per heavy atom. The van der Waals surface area contributed by atoms with Crippen LogP contribution in [0.4, 0.5) is 5.69 Å². The minimum atomic E-state index is -0.225. The van der Waals surface area contributed by atoms with Gasteiger partial charge in [-0.05, 0) is 64.6 Å². The lowest BCUT2D eigenvalue weighted by Gasteiger charge is -2.09. The molecule has 0 fully saturated rings. The van der Waals surface area contributed by atoms with Gasteiger partial charge in [-0.3, -0.25) is 4.79 Å². The molecular weight excluding hydrogens is 465 g/mol. The molecule has 0 aromatic heterocycles. The van der Waals surface area contributed by atoms with Crippen LogP contribution in [0.1, 0.15) is 11.1 Å². The van der Waals surface area contributed by atoms with Crippen molar-refractivity contribution in [1.29, 1.82) is 0 Å². The summed E-state index contributed by atoms with van der Waals surface area (Å²) >= 11 is 2.24. The third-order valence-corrected chi connectivity index (χ3v) is 4.57. The largest absolute Gasteiger partial charge is 0.488 e. The van der Waals surface area contributed by atoms with Gasteiger partial charge in [-0.25, -0.2) is 5.43 Å². The predicted octanol–water partition coefficient (Wildman–Crippen LogP) is 4.43. The number of carbonyl (C=O) groups is 1. The van der Waals surface area contributed by atoms with Crippen LogP contribution in [0, 0.1) is 3.57 Å². The monoisotopic (exact) mass is 485 g/mol. The molecule has 0 radical (unpaired) electrons. The molecule has 1 amide bonds. The van der Waals surface area contributed by atoms with Crippen LogP contribution in [-0.4, -0.2) is 18.7 Å². The Hall–Kier alpha value is -2.87. The quantitative estimate of drug-likeness (QED) is 0.282. The number of hydrogen-bond donors (Lipinski definition) is 2. The summed E-state index contributed by atoms with van der Waals surface area (Å²) in [6.07, 6.45) is 1.59. The third-order valence-electron chi connectivity index (χ3n) is 3.85. The molecule has 3 rings (SSSR count). The molecule has 3 aromatic rings. The number of rotatable bonds is 8. The number of anilines is 1. The molecule has 0 aliphatic carbocycles. The van der Waals surface area contributed by atoms with Gasteiger partial charge in [-0.1, -0.05) is 42.5 Å². The second-order valence-corrected chi connectivity index (χ2v) is 7.21. The molecular formula is C22H20IN3O2. The Balaban J connectivity index is 1.50. The minimum Gasteiger partial charge on any atom is -0.488 e. The summed E-state index contributed by atoms with van der Waals surface area (Å²) in [4.78, 5) is 11.9. The van der Waals surface area contributed by atoms with Gasteiger partial charge in [0.25, 0.3) is 5.91 Å². The maximum absolute atomic E-state index is 11.9. The molecule has 3 aromatic carbocycles. The van der Waals surface area contributed by atoms with E-state index in [1.165, 1.54) is 0 Å². The van der Waals surface area contributed by atoms with E-state index in [0.717, 1.165) is 20.4 Å². The molecule has 0 saturated heterocycles. The van der Waals surface area contributed by atoms with E-state index in [4.69, 9.17) is 4.74 Å². The van der Waals surface area contributed by atoms with Crippen molar-refractivity contribution >= 4 is 40.4 Å². The van der Waals surface area contributed by atoms with Gasteiger partial charge in [0.1, 0.15) is 12.4 Å². The van der Waals surface area contributed by atoms with E-state index in [1.807, 2.05) is 78.9 Å². The molecule has 142 valence electrons. The molecule has 0 unspecified atom stereocenters. The summed E-state index contributed by atoms with van der Waals surface area (Å²) in [6, 6.07) is 25.3. The molecule has 0 spiro atoms. The first-order valence-corrected chi connectivity index (χ1v) is 9.86. The topological polar surface area (TPSA) is 62.7 Å². The van der Waals surface area contributed by atoms with Gasteiger partial charge in [0.05, 0.1) is 12.8 Å². The van der Waals surface area contributed by atoms with Crippen LogP contribution in [0.2, 0.25) is 0 Å². The lowest BCUT2D eigenvalue weighted by molar-refractivity contribution is -0.119. The normalized spacial score (nSPS) is 10.6.